The van der Waals surface area contributed by atoms with Crippen LogP contribution in [0.15, 0.2) is 277 Å². The molecule has 2 nitrogen and oxygen atoms in total. The Balaban J connectivity index is 0.845. The van der Waals surface area contributed by atoms with Crippen LogP contribution in [-0.2, 0) is 5.41 Å². The lowest BCUT2D eigenvalue weighted by molar-refractivity contribution is 0.448. The van der Waals surface area contributed by atoms with Crippen molar-refractivity contribution in [2.45, 2.75) is 62.3 Å². The summed E-state index contributed by atoms with van der Waals surface area (Å²) in [5.41, 5.74) is 25.2. The number of fused-ring (bicyclic) bond motifs is 10. The van der Waals surface area contributed by atoms with Crippen LogP contribution in [-0.4, -0.2) is 18.2 Å². The summed E-state index contributed by atoms with van der Waals surface area (Å²) < 4.78 is 0. The van der Waals surface area contributed by atoms with Gasteiger partial charge in [-0.25, -0.2) is 0 Å². The van der Waals surface area contributed by atoms with Gasteiger partial charge in [-0.1, -0.05) is 230 Å². The molecule has 7 aromatic rings. The minimum atomic E-state index is -0.404. The van der Waals surface area contributed by atoms with Crippen LogP contribution >= 0.6 is 0 Å². The summed E-state index contributed by atoms with van der Waals surface area (Å²) in [7, 11) is 2.33. The predicted octanol–water partition coefficient (Wildman–Crippen LogP) is 17.1. The fraction of sp³-hybridized carbons (Fsp3) is 0.155. The van der Waals surface area contributed by atoms with Crippen molar-refractivity contribution in [2.24, 2.45) is 5.92 Å². The lowest BCUT2D eigenvalue weighted by Gasteiger charge is -2.41. The van der Waals surface area contributed by atoms with Gasteiger partial charge in [0.1, 0.15) is 0 Å². The van der Waals surface area contributed by atoms with E-state index in [4.69, 9.17) is 0 Å². The molecule has 0 saturated carbocycles. The highest BCUT2D eigenvalue weighted by atomic mass is 15.2. The van der Waals surface area contributed by atoms with E-state index in [1.165, 1.54) is 101 Å². The Morgan fingerprint density at radius 2 is 1.15 bits per heavy atom. The highest BCUT2D eigenvalue weighted by molar-refractivity contribution is 6.55. The van der Waals surface area contributed by atoms with E-state index in [9.17, 15) is 0 Å². The van der Waals surface area contributed by atoms with Gasteiger partial charge in [-0.05, 0) is 136 Å². The van der Waals surface area contributed by atoms with Crippen LogP contribution in [0, 0.1) is 5.92 Å². The Hall–Kier alpha value is -8.14. The summed E-state index contributed by atoms with van der Waals surface area (Å²) in [4.78, 5) is 5.35. The van der Waals surface area contributed by atoms with Crippen LogP contribution in [0.5, 0.6) is 0 Å². The molecule has 7 aliphatic rings. The van der Waals surface area contributed by atoms with Crippen LogP contribution in [0.25, 0.3) is 33.4 Å². The molecule has 0 saturated heterocycles. The van der Waals surface area contributed by atoms with E-state index in [0.717, 1.165) is 44.9 Å². The molecule has 14 rings (SSSR count). The molecule has 0 bridgehead atoms. The third-order valence-electron chi connectivity index (χ3n) is 17.1. The van der Waals surface area contributed by atoms with Crippen molar-refractivity contribution in [3.8, 4) is 22.3 Å². The molecular formula is C71H58BN2. The second-order valence-corrected chi connectivity index (χ2v) is 20.9. The number of rotatable bonds is 10. The third-order valence-corrected chi connectivity index (χ3v) is 17.1. The molecule has 0 aromatic heterocycles. The predicted molar refractivity (Wildman–Crippen MR) is 309 cm³/mol. The van der Waals surface area contributed by atoms with Crippen molar-refractivity contribution in [1.82, 2.24) is 4.90 Å². The van der Waals surface area contributed by atoms with Crippen molar-refractivity contribution in [1.29, 1.82) is 0 Å². The Kier molecular flexibility index (Phi) is 11.3. The highest BCUT2D eigenvalue weighted by Crippen LogP contribution is 2.64. The van der Waals surface area contributed by atoms with Crippen molar-refractivity contribution in [2.75, 3.05) is 4.90 Å². The van der Waals surface area contributed by atoms with E-state index in [2.05, 4.69) is 266 Å². The van der Waals surface area contributed by atoms with E-state index < -0.39 is 5.41 Å². The summed E-state index contributed by atoms with van der Waals surface area (Å²) in [6.45, 7) is 0. The summed E-state index contributed by atoms with van der Waals surface area (Å²) in [5.74, 6) is 2.98. The van der Waals surface area contributed by atoms with Crippen LogP contribution in [0.4, 0.5) is 5.69 Å². The highest BCUT2D eigenvalue weighted by Gasteiger charge is 2.52. The quantitative estimate of drug-likeness (QED) is 0.126. The number of benzene rings is 7. The zero-order valence-corrected chi connectivity index (χ0v) is 41.8. The second-order valence-electron chi connectivity index (χ2n) is 20.9. The van der Waals surface area contributed by atoms with Crippen LogP contribution in [0.2, 0.25) is 0 Å². The molecule has 0 amide bonds. The van der Waals surface area contributed by atoms with Gasteiger partial charge in [-0.3, -0.25) is 0 Å². The number of hydrogen-bond donors (Lipinski definition) is 0. The molecule has 3 unspecified atom stereocenters. The maximum absolute atomic E-state index is 2.75. The molecule has 0 fully saturated rings. The van der Waals surface area contributed by atoms with Crippen molar-refractivity contribution in [3.63, 3.8) is 0 Å². The van der Waals surface area contributed by atoms with E-state index >= 15 is 0 Å². The fourth-order valence-corrected chi connectivity index (χ4v) is 13.8. The monoisotopic (exact) mass is 949 g/mol. The lowest BCUT2D eigenvalue weighted by Crippen LogP contribution is -2.39. The topological polar surface area (TPSA) is 6.48 Å². The lowest BCUT2D eigenvalue weighted by atomic mass is 9.70. The van der Waals surface area contributed by atoms with Gasteiger partial charge >= 0.3 is 0 Å². The average molecular weight is 950 g/mol. The Morgan fingerprint density at radius 1 is 0.514 bits per heavy atom. The van der Waals surface area contributed by atoms with E-state index in [0.29, 0.717) is 5.92 Å². The van der Waals surface area contributed by atoms with Gasteiger partial charge in [0.15, 0.2) is 0 Å². The molecule has 74 heavy (non-hydrogen) atoms. The Labute approximate surface area is 438 Å². The molecule has 1 heterocycles. The van der Waals surface area contributed by atoms with Gasteiger partial charge in [0, 0.05) is 39.8 Å². The van der Waals surface area contributed by atoms with E-state index in [1.54, 1.807) is 5.57 Å². The van der Waals surface area contributed by atoms with Crippen LogP contribution < -0.4 is 4.90 Å². The summed E-state index contributed by atoms with van der Waals surface area (Å²) in [5, 5.41) is 0. The normalized spacial score (nSPS) is 20.6. The molecule has 1 radical (unpaired) electrons. The van der Waals surface area contributed by atoms with E-state index in [-0.39, 0.29) is 12.0 Å². The van der Waals surface area contributed by atoms with E-state index in [1.807, 2.05) is 0 Å². The van der Waals surface area contributed by atoms with Crippen molar-refractivity contribution >= 4 is 24.1 Å². The molecule has 1 spiro atoms. The number of nitrogens with zero attached hydrogens (tertiary/aromatic N) is 2. The number of anilines is 1. The Morgan fingerprint density at radius 3 is 1.85 bits per heavy atom. The Bertz CT molecular complexity index is 3590. The molecule has 3 atom stereocenters. The zero-order valence-electron chi connectivity index (χ0n) is 41.8. The summed E-state index contributed by atoms with van der Waals surface area (Å²) in [6.07, 6.45) is 31.7. The first-order valence-corrected chi connectivity index (χ1v) is 27.0. The van der Waals surface area contributed by atoms with Crippen molar-refractivity contribution < 1.29 is 0 Å². The fourth-order valence-electron chi connectivity index (χ4n) is 13.8. The van der Waals surface area contributed by atoms with Crippen LogP contribution in [0.1, 0.15) is 89.8 Å². The summed E-state index contributed by atoms with van der Waals surface area (Å²) in [6, 6.07) is 67.9. The molecular weight excluding hydrogens is 892 g/mol. The molecule has 3 heteroatoms. The molecule has 355 valence electrons. The first-order valence-electron chi connectivity index (χ1n) is 27.0. The molecule has 1 aliphatic heterocycles. The largest absolute Gasteiger partial charge is 0.337 e. The second kappa shape index (κ2) is 18.7. The molecule has 6 aliphatic carbocycles. The van der Waals surface area contributed by atoms with Crippen molar-refractivity contribution in [3.05, 3.63) is 316 Å². The third kappa shape index (κ3) is 7.31. The first-order chi connectivity index (χ1) is 36.7. The molecule has 7 aromatic carbocycles. The van der Waals surface area contributed by atoms with Gasteiger partial charge in [0.25, 0.3) is 0 Å². The summed E-state index contributed by atoms with van der Waals surface area (Å²) >= 11 is 0. The van der Waals surface area contributed by atoms with Gasteiger partial charge in [0.05, 0.1) is 11.5 Å². The number of hydrogen-bond acceptors (Lipinski definition) is 2. The van der Waals surface area contributed by atoms with Gasteiger partial charge in [-0.15, -0.1) is 5.98 Å². The van der Waals surface area contributed by atoms with Gasteiger partial charge in [-0.2, -0.15) is 0 Å². The first kappa shape index (κ1) is 44.6. The standard InChI is InChI=1S/C71H58BN2/c1-4-21-49(22-5-1)54-47-69(72-48-54)74(67-37-19-14-28-58(67)53-25-8-3-9-26-53)56-45-41-51(42-46-56)50-39-43-55(44-40-50)73(66-36-18-13-27-57(66)52-23-6-2-7-24-52)68-38-20-35-65-70(68)61-31-12-17-34-64(61)71(65)62-32-15-10-29-59(62)60-30-11-16-33-63(60)71/h1-13,15-18,20-39,43,45,47-48,51,57,66H,14,19,40-42,44,46H2. The smallest absolute Gasteiger partial charge is 0.205 e. The van der Waals surface area contributed by atoms with Gasteiger partial charge in [0.2, 0.25) is 7.28 Å². The zero-order chi connectivity index (χ0) is 49.0. The van der Waals surface area contributed by atoms with Crippen LogP contribution in [0.3, 0.4) is 0 Å². The maximum Gasteiger partial charge on any atom is 0.205 e. The minimum absolute atomic E-state index is 0.0793. The SMILES string of the molecule is [B]1C=C(c2ccccc2)C=C1N(C1=CCC(C2=CC=C(N(c3cccc4c3-c3ccccc3C43c4ccccc4-c4ccccc43)C3C=CC=CC3c3ccccc3)CC2)CC1)C1=CCCC=C1c1ccccc1. The maximum atomic E-state index is 2.75. The number of allylic oxidation sites excluding steroid dienone is 13. The minimum Gasteiger partial charge on any atom is -0.337 e. The average Bonchev–Trinajstić information content (AvgIpc) is 4.18. The molecule has 0 N–H and O–H groups in total. The van der Waals surface area contributed by atoms with Gasteiger partial charge < -0.3 is 9.80 Å².